The topological polar surface area (TPSA) is 20.2 Å². The van der Waals surface area contributed by atoms with Gasteiger partial charge in [-0.1, -0.05) is 57.1 Å². The standard InChI is InChI=1S/C22H34O/c1-8-19-12-13-20(18(5)6)21(19,7)15-16-22(23,9-2)14-10-11-17(3)4/h2,8,11-12,18,20,23H,1,10,13-16H2,3-7H3/t20-,21+,22?/m1/s1. The van der Waals surface area contributed by atoms with Gasteiger partial charge in [-0.3, -0.25) is 0 Å². The zero-order chi connectivity index (χ0) is 17.7. The highest BCUT2D eigenvalue weighted by atomic mass is 16.3. The van der Waals surface area contributed by atoms with Gasteiger partial charge in [0.05, 0.1) is 0 Å². The van der Waals surface area contributed by atoms with Crippen LogP contribution in [-0.2, 0) is 0 Å². The highest BCUT2D eigenvalue weighted by Gasteiger charge is 2.42. The molecule has 1 nitrogen and oxygen atoms in total. The van der Waals surface area contributed by atoms with Gasteiger partial charge in [0.1, 0.15) is 5.60 Å². The molecule has 23 heavy (non-hydrogen) atoms. The second-order valence-corrected chi connectivity index (χ2v) is 7.86. The summed E-state index contributed by atoms with van der Waals surface area (Å²) in [5.74, 6) is 3.85. The maximum absolute atomic E-state index is 10.8. The molecule has 0 aromatic carbocycles. The van der Waals surface area contributed by atoms with Crippen LogP contribution >= 0.6 is 0 Å². The second-order valence-electron chi connectivity index (χ2n) is 7.86. The maximum atomic E-state index is 10.8. The quantitative estimate of drug-likeness (QED) is 0.452. The maximum Gasteiger partial charge on any atom is 0.125 e. The summed E-state index contributed by atoms with van der Waals surface area (Å²) in [4.78, 5) is 0. The molecule has 0 saturated carbocycles. The summed E-state index contributed by atoms with van der Waals surface area (Å²) in [6, 6.07) is 0. The van der Waals surface area contributed by atoms with E-state index in [1.807, 2.05) is 6.08 Å². The van der Waals surface area contributed by atoms with Crippen LogP contribution in [-0.4, -0.2) is 10.7 Å². The third-order valence-corrected chi connectivity index (χ3v) is 5.53. The first-order chi connectivity index (χ1) is 10.7. The van der Waals surface area contributed by atoms with Crippen LogP contribution < -0.4 is 0 Å². The SMILES string of the molecule is C#CC(O)(CCC=C(C)C)CC[C@@]1(C)C(C=C)=CC[C@@H]1C(C)C. The predicted molar refractivity (Wildman–Crippen MR) is 101 cm³/mol. The Balaban J connectivity index is 2.82. The van der Waals surface area contributed by atoms with E-state index in [-0.39, 0.29) is 5.41 Å². The highest BCUT2D eigenvalue weighted by Crippen LogP contribution is 2.51. The first kappa shape index (κ1) is 19.8. The molecule has 0 heterocycles. The molecule has 0 spiro atoms. The zero-order valence-electron chi connectivity index (χ0n) is 15.7. The molecule has 0 fully saturated rings. The Hall–Kier alpha value is -1.26. The summed E-state index contributed by atoms with van der Waals surface area (Å²) in [6.45, 7) is 15.0. The molecular formula is C22H34O. The van der Waals surface area contributed by atoms with Crippen LogP contribution in [0, 0.1) is 29.6 Å². The third-order valence-electron chi connectivity index (χ3n) is 5.53. The largest absolute Gasteiger partial charge is 0.378 e. The first-order valence-electron chi connectivity index (χ1n) is 8.85. The summed E-state index contributed by atoms with van der Waals surface area (Å²) in [6.07, 6.45) is 16.2. The lowest BCUT2D eigenvalue weighted by Crippen LogP contribution is -2.34. The molecule has 1 aliphatic rings. The van der Waals surface area contributed by atoms with Gasteiger partial charge in [-0.2, -0.15) is 0 Å². The van der Waals surface area contributed by atoms with Crippen molar-refractivity contribution >= 4 is 0 Å². The molecule has 1 N–H and O–H groups in total. The first-order valence-corrected chi connectivity index (χ1v) is 8.85. The van der Waals surface area contributed by atoms with Crippen LogP contribution in [0.3, 0.4) is 0 Å². The molecule has 1 rings (SSSR count). The van der Waals surface area contributed by atoms with Crippen molar-refractivity contribution in [1.29, 1.82) is 0 Å². The second kappa shape index (κ2) is 8.02. The lowest BCUT2D eigenvalue weighted by Gasteiger charge is -2.38. The average molecular weight is 315 g/mol. The van der Waals surface area contributed by atoms with E-state index >= 15 is 0 Å². The van der Waals surface area contributed by atoms with Gasteiger partial charge in [0, 0.05) is 0 Å². The van der Waals surface area contributed by atoms with Gasteiger partial charge in [-0.25, -0.2) is 0 Å². The zero-order valence-corrected chi connectivity index (χ0v) is 15.7. The summed E-state index contributed by atoms with van der Waals surface area (Å²) >= 11 is 0. The molecule has 0 bridgehead atoms. The van der Waals surface area contributed by atoms with Crippen LogP contribution in [0.2, 0.25) is 0 Å². The van der Waals surface area contributed by atoms with Crippen LogP contribution in [0.15, 0.2) is 36.0 Å². The van der Waals surface area contributed by atoms with Gasteiger partial charge in [-0.15, -0.1) is 6.42 Å². The van der Waals surface area contributed by atoms with Crippen LogP contribution in [0.25, 0.3) is 0 Å². The highest BCUT2D eigenvalue weighted by molar-refractivity contribution is 5.31. The van der Waals surface area contributed by atoms with Crippen molar-refractivity contribution in [2.24, 2.45) is 17.3 Å². The smallest absolute Gasteiger partial charge is 0.125 e. The number of hydrogen-bond donors (Lipinski definition) is 1. The molecular weight excluding hydrogens is 280 g/mol. The van der Waals surface area contributed by atoms with E-state index in [0.29, 0.717) is 24.7 Å². The number of terminal acetylenes is 1. The molecule has 0 amide bonds. The molecule has 128 valence electrons. The molecule has 1 heteroatoms. The van der Waals surface area contributed by atoms with Crippen molar-refractivity contribution in [3.05, 3.63) is 36.0 Å². The molecule has 0 radical (unpaired) electrons. The molecule has 0 aromatic heterocycles. The number of aliphatic hydroxyl groups is 1. The fraction of sp³-hybridized carbons (Fsp3) is 0.636. The number of allylic oxidation sites excluding steroid dienone is 5. The lowest BCUT2D eigenvalue weighted by molar-refractivity contribution is 0.0596. The molecule has 1 unspecified atom stereocenters. The Kier molecular flexibility index (Phi) is 6.90. The van der Waals surface area contributed by atoms with Gasteiger partial charge >= 0.3 is 0 Å². The van der Waals surface area contributed by atoms with E-state index in [0.717, 1.165) is 19.3 Å². The van der Waals surface area contributed by atoms with Crippen molar-refractivity contribution in [1.82, 2.24) is 0 Å². The van der Waals surface area contributed by atoms with E-state index < -0.39 is 5.60 Å². The van der Waals surface area contributed by atoms with Crippen LogP contribution in [0.1, 0.15) is 66.7 Å². The lowest BCUT2D eigenvalue weighted by atomic mass is 9.66. The Morgan fingerprint density at radius 2 is 2.17 bits per heavy atom. The summed E-state index contributed by atoms with van der Waals surface area (Å²) < 4.78 is 0. The van der Waals surface area contributed by atoms with Gasteiger partial charge < -0.3 is 5.11 Å². The van der Waals surface area contributed by atoms with Gasteiger partial charge in [0.15, 0.2) is 0 Å². The minimum absolute atomic E-state index is 0.0667. The van der Waals surface area contributed by atoms with E-state index in [1.165, 1.54) is 11.1 Å². The Morgan fingerprint density at radius 1 is 1.52 bits per heavy atom. The molecule has 1 aliphatic carbocycles. The third kappa shape index (κ3) is 4.85. The van der Waals surface area contributed by atoms with Crippen molar-refractivity contribution in [2.75, 3.05) is 0 Å². The monoisotopic (exact) mass is 314 g/mol. The minimum Gasteiger partial charge on any atom is -0.378 e. The number of hydrogen-bond acceptors (Lipinski definition) is 1. The van der Waals surface area contributed by atoms with E-state index in [4.69, 9.17) is 6.42 Å². The molecule has 3 atom stereocenters. The fourth-order valence-electron chi connectivity index (χ4n) is 3.95. The van der Waals surface area contributed by atoms with Crippen molar-refractivity contribution in [3.8, 4) is 12.3 Å². The van der Waals surface area contributed by atoms with Crippen molar-refractivity contribution in [3.63, 3.8) is 0 Å². The van der Waals surface area contributed by atoms with Gasteiger partial charge in [0.25, 0.3) is 0 Å². The summed E-state index contributed by atoms with van der Waals surface area (Å²) in [7, 11) is 0. The van der Waals surface area contributed by atoms with Crippen molar-refractivity contribution in [2.45, 2.75) is 72.3 Å². The van der Waals surface area contributed by atoms with Crippen LogP contribution in [0.4, 0.5) is 0 Å². The van der Waals surface area contributed by atoms with E-state index in [9.17, 15) is 5.11 Å². The van der Waals surface area contributed by atoms with E-state index in [1.54, 1.807) is 0 Å². The molecule has 0 aromatic rings. The Bertz CT molecular complexity index is 513. The Morgan fingerprint density at radius 3 is 2.65 bits per heavy atom. The van der Waals surface area contributed by atoms with Crippen molar-refractivity contribution < 1.29 is 5.11 Å². The molecule has 0 aliphatic heterocycles. The fourth-order valence-corrected chi connectivity index (χ4v) is 3.95. The average Bonchev–Trinajstić information content (AvgIpc) is 2.82. The Labute approximate surface area is 143 Å². The van der Waals surface area contributed by atoms with Crippen LogP contribution in [0.5, 0.6) is 0 Å². The van der Waals surface area contributed by atoms with Gasteiger partial charge in [-0.05, 0) is 68.8 Å². The summed E-state index contributed by atoms with van der Waals surface area (Å²) in [5, 5.41) is 10.8. The minimum atomic E-state index is -1.01. The predicted octanol–water partition coefficient (Wildman–Crippen LogP) is 5.67. The van der Waals surface area contributed by atoms with E-state index in [2.05, 4.69) is 59.3 Å². The van der Waals surface area contributed by atoms with Gasteiger partial charge in [0.2, 0.25) is 0 Å². The normalized spacial score (nSPS) is 26.3. The number of rotatable bonds is 8. The molecule has 0 saturated heterocycles. The summed E-state index contributed by atoms with van der Waals surface area (Å²) in [5.41, 5.74) is 1.64.